The minimum atomic E-state index is -0.974. The van der Waals surface area contributed by atoms with Gasteiger partial charge in [-0.15, -0.1) is 0 Å². The number of benzene rings is 3. The zero-order valence-corrected chi connectivity index (χ0v) is 14.2. The van der Waals surface area contributed by atoms with Gasteiger partial charge >= 0.3 is 5.97 Å². The van der Waals surface area contributed by atoms with Crippen molar-refractivity contribution >= 4 is 17.0 Å². The Kier molecular flexibility index (Phi) is 3.93. The number of carbonyl (C=O) groups is 1. The molecule has 4 heteroatoms. The van der Waals surface area contributed by atoms with Gasteiger partial charge < -0.3 is 5.11 Å². The van der Waals surface area contributed by atoms with E-state index in [0.29, 0.717) is 11.0 Å². The van der Waals surface area contributed by atoms with Crippen LogP contribution >= 0.6 is 0 Å². The van der Waals surface area contributed by atoms with E-state index in [1.165, 1.54) is 0 Å². The van der Waals surface area contributed by atoms with Crippen molar-refractivity contribution in [2.75, 3.05) is 0 Å². The van der Waals surface area contributed by atoms with Gasteiger partial charge in [-0.2, -0.15) is 0 Å². The van der Waals surface area contributed by atoms with E-state index in [-0.39, 0.29) is 5.56 Å². The average Bonchev–Trinajstić information content (AvgIpc) is 2.68. The predicted octanol–water partition coefficient (Wildman–Crippen LogP) is 4.97. The Labute approximate surface area is 150 Å². The molecule has 0 aliphatic carbocycles. The quantitative estimate of drug-likeness (QED) is 0.572. The zero-order chi connectivity index (χ0) is 18.1. The van der Waals surface area contributed by atoms with Crippen LogP contribution in [0.4, 0.5) is 0 Å². The van der Waals surface area contributed by atoms with E-state index in [9.17, 15) is 9.90 Å². The number of hydrogen-bond acceptors (Lipinski definition) is 3. The molecule has 0 atom stereocenters. The van der Waals surface area contributed by atoms with Gasteiger partial charge in [-0.05, 0) is 25.1 Å². The van der Waals surface area contributed by atoms with E-state index < -0.39 is 5.97 Å². The molecule has 4 rings (SSSR count). The third-order valence-electron chi connectivity index (χ3n) is 4.28. The molecular weight excluding hydrogens is 324 g/mol. The third-order valence-corrected chi connectivity index (χ3v) is 4.28. The molecule has 0 aliphatic rings. The van der Waals surface area contributed by atoms with Crippen molar-refractivity contribution in [3.63, 3.8) is 0 Å². The van der Waals surface area contributed by atoms with Crippen LogP contribution in [-0.2, 0) is 0 Å². The smallest absolute Gasteiger partial charge is 0.335 e. The molecule has 0 aliphatic heterocycles. The van der Waals surface area contributed by atoms with Gasteiger partial charge in [0.05, 0.1) is 28.0 Å². The second-order valence-corrected chi connectivity index (χ2v) is 6.16. The second-order valence-electron chi connectivity index (χ2n) is 6.16. The van der Waals surface area contributed by atoms with Crippen molar-refractivity contribution < 1.29 is 9.90 Å². The molecule has 4 nitrogen and oxygen atoms in total. The topological polar surface area (TPSA) is 63.1 Å². The minimum Gasteiger partial charge on any atom is -0.478 e. The highest BCUT2D eigenvalue weighted by molar-refractivity contribution is 5.94. The molecule has 0 spiro atoms. The molecule has 0 saturated carbocycles. The molecule has 1 aromatic heterocycles. The van der Waals surface area contributed by atoms with Crippen molar-refractivity contribution in [2.45, 2.75) is 6.92 Å². The largest absolute Gasteiger partial charge is 0.478 e. The molecule has 0 bridgehead atoms. The summed E-state index contributed by atoms with van der Waals surface area (Å²) >= 11 is 0. The maximum absolute atomic E-state index is 11.3. The molecule has 0 amide bonds. The number of hydrogen-bond donors (Lipinski definition) is 1. The summed E-state index contributed by atoms with van der Waals surface area (Å²) in [5.41, 5.74) is 6.05. The van der Waals surface area contributed by atoms with Crippen molar-refractivity contribution in [2.24, 2.45) is 0 Å². The average molecular weight is 340 g/mol. The van der Waals surface area contributed by atoms with Crippen LogP contribution < -0.4 is 0 Å². The first-order chi connectivity index (χ1) is 12.6. The van der Waals surface area contributed by atoms with E-state index in [2.05, 4.69) is 0 Å². The Bertz CT molecular complexity index is 1100. The van der Waals surface area contributed by atoms with Crippen LogP contribution in [0, 0.1) is 6.92 Å². The van der Waals surface area contributed by atoms with Crippen molar-refractivity contribution in [3.05, 3.63) is 83.9 Å². The zero-order valence-electron chi connectivity index (χ0n) is 14.2. The first-order valence-corrected chi connectivity index (χ1v) is 8.29. The van der Waals surface area contributed by atoms with Gasteiger partial charge in [-0.25, -0.2) is 14.8 Å². The molecule has 126 valence electrons. The summed E-state index contributed by atoms with van der Waals surface area (Å²) in [6, 6.07) is 22.8. The number of fused-ring (bicyclic) bond motifs is 1. The fraction of sp³-hybridized carbons (Fsp3) is 0.0455. The Morgan fingerprint density at radius 1 is 0.769 bits per heavy atom. The van der Waals surface area contributed by atoms with Gasteiger partial charge in [0.1, 0.15) is 0 Å². The van der Waals surface area contributed by atoms with E-state index in [0.717, 1.165) is 28.1 Å². The Morgan fingerprint density at radius 3 is 2.04 bits per heavy atom. The molecule has 0 radical (unpaired) electrons. The first kappa shape index (κ1) is 16.0. The Balaban J connectivity index is 2.01. The molecule has 0 unspecified atom stereocenters. The molecule has 4 aromatic rings. The molecule has 0 saturated heterocycles. The summed E-state index contributed by atoms with van der Waals surface area (Å²) in [5, 5.41) is 9.25. The standard InChI is InChI=1S/C22H16N2O2/c1-14-7-9-16(10-8-14)21-20(15-5-3-2-4-6-15)23-18-12-11-17(22(25)26)13-19(18)24-21/h2-13H,1H3,(H,25,26). The second kappa shape index (κ2) is 6.41. The van der Waals surface area contributed by atoms with Crippen LogP contribution in [0.15, 0.2) is 72.8 Å². The molecule has 0 fully saturated rings. The van der Waals surface area contributed by atoms with Crippen molar-refractivity contribution in [3.8, 4) is 22.5 Å². The summed E-state index contributed by atoms with van der Waals surface area (Å²) < 4.78 is 0. The molecule has 1 heterocycles. The predicted molar refractivity (Wildman–Crippen MR) is 102 cm³/mol. The lowest BCUT2D eigenvalue weighted by Crippen LogP contribution is -1.99. The number of aromatic carboxylic acids is 1. The lowest BCUT2D eigenvalue weighted by molar-refractivity contribution is 0.0697. The highest BCUT2D eigenvalue weighted by Crippen LogP contribution is 2.31. The summed E-state index contributed by atoms with van der Waals surface area (Å²) in [6.07, 6.45) is 0. The third kappa shape index (κ3) is 2.93. The summed E-state index contributed by atoms with van der Waals surface area (Å²) in [4.78, 5) is 20.8. The van der Waals surface area contributed by atoms with Crippen LogP contribution in [0.5, 0.6) is 0 Å². The number of carboxylic acid groups (broad SMARTS) is 1. The minimum absolute atomic E-state index is 0.203. The normalized spacial score (nSPS) is 10.8. The number of aromatic nitrogens is 2. The van der Waals surface area contributed by atoms with Gasteiger partial charge in [-0.1, -0.05) is 60.2 Å². The fourth-order valence-electron chi connectivity index (χ4n) is 2.90. The number of rotatable bonds is 3. The Morgan fingerprint density at radius 2 is 1.38 bits per heavy atom. The molecule has 3 aromatic carbocycles. The number of nitrogens with zero attached hydrogens (tertiary/aromatic N) is 2. The fourth-order valence-corrected chi connectivity index (χ4v) is 2.90. The molecule has 1 N–H and O–H groups in total. The van der Waals surface area contributed by atoms with Gasteiger partial charge in [0, 0.05) is 11.1 Å². The summed E-state index contributed by atoms with van der Waals surface area (Å²) in [5.74, 6) is -0.974. The summed E-state index contributed by atoms with van der Waals surface area (Å²) in [7, 11) is 0. The van der Waals surface area contributed by atoms with E-state index in [4.69, 9.17) is 9.97 Å². The molecular formula is C22H16N2O2. The van der Waals surface area contributed by atoms with Crippen LogP contribution in [0.2, 0.25) is 0 Å². The highest BCUT2D eigenvalue weighted by Gasteiger charge is 2.14. The summed E-state index contributed by atoms with van der Waals surface area (Å²) in [6.45, 7) is 2.03. The highest BCUT2D eigenvalue weighted by atomic mass is 16.4. The van der Waals surface area contributed by atoms with Crippen LogP contribution in [-0.4, -0.2) is 21.0 Å². The van der Waals surface area contributed by atoms with Crippen LogP contribution in [0.1, 0.15) is 15.9 Å². The molecule has 26 heavy (non-hydrogen) atoms. The van der Waals surface area contributed by atoms with Gasteiger partial charge in [0.15, 0.2) is 0 Å². The number of aryl methyl sites for hydroxylation is 1. The van der Waals surface area contributed by atoms with E-state index in [1.54, 1.807) is 18.2 Å². The lowest BCUT2D eigenvalue weighted by Gasteiger charge is -2.11. The van der Waals surface area contributed by atoms with E-state index >= 15 is 0 Å². The van der Waals surface area contributed by atoms with Crippen LogP contribution in [0.25, 0.3) is 33.5 Å². The number of carboxylic acids is 1. The van der Waals surface area contributed by atoms with E-state index in [1.807, 2.05) is 61.5 Å². The van der Waals surface area contributed by atoms with Crippen molar-refractivity contribution in [1.82, 2.24) is 9.97 Å². The van der Waals surface area contributed by atoms with Crippen LogP contribution in [0.3, 0.4) is 0 Å². The Hall–Kier alpha value is -3.53. The lowest BCUT2D eigenvalue weighted by atomic mass is 10.0. The van der Waals surface area contributed by atoms with Crippen molar-refractivity contribution in [1.29, 1.82) is 0 Å². The maximum Gasteiger partial charge on any atom is 0.335 e. The monoisotopic (exact) mass is 340 g/mol. The van der Waals surface area contributed by atoms with Gasteiger partial charge in [0.25, 0.3) is 0 Å². The van der Waals surface area contributed by atoms with Gasteiger partial charge in [0.2, 0.25) is 0 Å². The first-order valence-electron chi connectivity index (χ1n) is 8.29. The van der Waals surface area contributed by atoms with Gasteiger partial charge in [-0.3, -0.25) is 0 Å². The SMILES string of the molecule is Cc1ccc(-c2nc3cc(C(=O)O)ccc3nc2-c2ccccc2)cc1. The maximum atomic E-state index is 11.3.